The summed E-state index contributed by atoms with van der Waals surface area (Å²) in [6.07, 6.45) is 9.68. The van der Waals surface area contributed by atoms with Gasteiger partial charge in [-0.25, -0.2) is 9.97 Å². The molecular weight excluding hydrogens is 1240 g/mol. The zero-order valence-corrected chi connectivity index (χ0v) is 55.4. The van der Waals surface area contributed by atoms with Crippen molar-refractivity contribution in [2.45, 2.75) is 204 Å². The molecule has 94 heavy (non-hydrogen) atoms. The predicted octanol–water partition coefficient (Wildman–Crippen LogP) is -4.26. The fraction of sp³-hybridized carbons (Fsp3) is 0.661. The number of rotatable bonds is 45. The Bertz CT molecular complexity index is 2840. The zero-order valence-electron chi connectivity index (χ0n) is 54.6. The monoisotopic (exact) mass is 1340 g/mol. The molecular formula is C59H99N21O13S. The molecule has 0 spiro atoms. The van der Waals surface area contributed by atoms with Crippen LogP contribution in [-0.4, -0.2) is 206 Å². The summed E-state index contributed by atoms with van der Waals surface area (Å²) in [7, 11) is 0. The van der Waals surface area contributed by atoms with Gasteiger partial charge in [0, 0.05) is 63.1 Å². The van der Waals surface area contributed by atoms with Crippen molar-refractivity contribution in [3.63, 3.8) is 0 Å². The molecule has 1 aliphatic heterocycles. The second kappa shape index (κ2) is 42.4. The Balaban J connectivity index is 1.84. The second-order valence-electron chi connectivity index (χ2n) is 23.1. The highest BCUT2D eigenvalue weighted by Crippen LogP contribution is 2.21. The number of guanidine groups is 1. The summed E-state index contributed by atoms with van der Waals surface area (Å²) < 4.78 is 0. The van der Waals surface area contributed by atoms with Gasteiger partial charge in [0.15, 0.2) is 5.96 Å². The number of thioether (sulfide) groups is 1. The largest absolute Gasteiger partial charge is 0.370 e. The van der Waals surface area contributed by atoms with Crippen LogP contribution in [0.4, 0.5) is 0 Å². The summed E-state index contributed by atoms with van der Waals surface area (Å²) in [4.78, 5) is 196. The Labute approximate surface area is 551 Å². The van der Waals surface area contributed by atoms with Crippen molar-refractivity contribution in [2.24, 2.45) is 39.6 Å². The molecule has 0 unspecified atom stereocenters. The minimum Gasteiger partial charge on any atom is -0.370 e. The molecule has 0 radical (unpaired) electrons. The molecule has 0 saturated carbocycles. The van der Waals surface area contributed by atoms with Crippen LogP contribution in [0.15, 0.2) is 30.0 Å². The Morgan fingerprint density at radius 2 is 1.12 bits per heavy atom. The number of imidazole rings is 2. The van der Waals surface area contributed by atoms with Gasteiger partial charge in [0.2, 0.25) is 76.8 Å². The fourth-order valence-electron chi connectivity index (χ4n) is 10.2. The zero-order chi connectivity index (χ0) is 69.9. The van der Waals surface area contributed by atoms with E-state index in [-0.39, 0.29) is 95.7 Å². The van der Waals surface area contributed by atoms with E-state index < -0.39 is 150 Å². The molecule has 2 aromatic heterocycles. The number of unbranched alkanes of at least 4 members (excludes halogenated alkanes) is 1. The Morgan fingerprint density at radius 3 is 1.62 bits per heavy atom. The maximum Gasteiger partial charge on any atom is 0.245 e. The highest BCUT2D eigenvalue weighted by Gasteiger charge is 2.41. The van der Waals surface area contributed by atoms with Crippen LogP contribution in [0.25, 0.3) is 0 Å². The van der Waals surface area contributed by atoms with Crippen LogP contribution in [-0.2, 0) is 75.2 Å². The average molecular weight is 1340 g/mol. The van der Waals surface area contributed by atoms with E-state index in [2.05, 4.69) is 78.1 Å². The quantitative estimate of drug-likeness (QED) is 0.0170. The van der Waals surface area contributed by atoms with E-state index in [0.29, 0.717) is 55.7 Å². The maximum atomic E-state index is 14.7. The number of nitrogens with one attached hydrogen (secondary N) is 12. The number of nitrogens with zero attached hydrogens (tertiary/aromatic N) is 4. The summed E-state index contributed by atoms with van der Waals surface area (Å²) in [5.41, 5.74) is 28.8. The van der Waals surface area contributed by atoms with Crippen LogP contribution in [0.3, 0.4) is 0 Å². The lowest BCUT2D eigenvalue weighted by atomic mass is 9.98. The first-order valence-electron chi connectivity index (χ1n) is 31.8. The fourth-order valence-corrected chi connectivity index (χ4v) is 10.7. The van der Waals surface area contributed by atoms with Crippen LogP contribution in [0.5, 0.6) is 0 Å². The lowest BCUT2D eigenvalue weighted by Gasteiger charge is -2.31. The van der Waals surface area contributed by atoms with Crippen molar-refractivity contribution >= 4 is 94.5 Å². The molecule has 524 valence electrons. The summed E-state index contributed by atoms with van der Waals surface area (Å²) >= 11 is 1.46. The predicted molar refractivity (Wildman–Crippen MR) is 348 cm³/mol. The van der Waals surface area contributed by atoms with E-state index >= 15 is 0 Å². The first-order valence-corrected chi connectivity index (χ1v) is 33.2. The molecule has 0 aliphatic carbocycles. The van der Waals surface area contributed by atoms with Crippen LogP contribution in [0, 0.1) is 5.92 Å². The Morgan fingerprint density at radius 1 is 0.617 bits per heavy atom. The van der Waals surface area contributed by atoms with E-state index in [0.717, 1.165) is 0 Å². The van der Waals surface area contributed by atoms with Gasteiger partial charge in [-0.15, -0.1) is 0 Å². The molecule has 34 nitrogen and oxygen atoms in total. The number of aromatic amines is 2. The van der Waals surface area contributed by atoms with Gasteiger partial charge >= 0.3 is 0 Å². The van der Waals surface area contributed by atoms with Crippen molar-refractivity contribution in [3.8, 4) is 0 Å². The molecule has 1 saturated heterocycles. The van der Waals surface area contributed by atoms with Gasteiger partial charge in [-0.2, -0.15) is 11.8 Å². The molecule has 0 bridgehead atoms. The molecule has 3 rings (SSSR count). The van der Waals surface area contributed by atoms with Gasteiger partial charge in [-0.1, -0.05) is 47.0 Å². The third kappa shape index (κ3) is 28.1. The van der Waals surface area contributed by atoms with Gasteiger partial charge in [-0.3, -0.25) is 67.3 Å². The summed E-state index contributed by atoms with van der Waals surface area (Å²) in [6, 6.07) is -12.4. The number of aliphatic imine (C=N–C) groups is 1. The van der Waals surface area contributed by atoms with Crippen LogP contribution >= 0.6 is 11.8 Å². The number of amides is 13. The highest BCUT2D eigenvalue weighted by atomic mass is 32.2. The number of likely N-dealkylation sites (tertiary alicyclic amines) is 1. The molecule has 2 aromatic rings. The maximum absolute atomic E-state index is 14.7. The normalized spacial score (nSPS) is 15.9. The van der Waals surface area contributed by atoms with Gasteiger partial charge in [0.25, 0.3) is 0 Å². The van der Waals surface area contributed by atoms with Crippen molar-refractivity contribution in [3.05, 3.63) is 36.4 Å². The van der Waals surface area contributed by atoms with Gasteiger partial charge in [-0.05, 0) is 95.1 Å². The molecule has 3 heterocycles. The summed E-state index contributed by atoms with van der Waals surface area (Å²) in [5.74, 6) is -9.78. The molecule has 0 aromatic carbocycles. The van der Waals surface area contributed by atoms with Crippen molar-refractivity contribution in [2.75, 3.05) is 38.2 Å². The Kier molecular flexibility index (Phi) is 35.8. The number of nitrogens with two attached hydrogens (primary N) is 5. The topological polar surface area (TPSA) is 545 Å². The first-order chi connectivity index (χ1) is 44.8. The molecule has 1 aliphatic rings. The van der Waals surface area contributed by atoms with Gasteiger partial charge in [0.1, 0.15) is 60.4 Å². The summed E-state index contributed by atoms with van der Waals surface area (Å²) in [6.45, 7) is 8.03. The highest BCUT2D eigenvalue weighted by molar-refractivity contribution is 7.98. The number of carbonyl (C=O) groups excluding carboxylic acids is 13. The van der Waals surface area contributed by atoms with Crippen LogP contribution < -0.4 is 81.8 Å². The number of hydrogen-bond donors (Lipinski definition) is 17. The third-order valence-corrected chi connectivity index (χ3v) is 16.1. The standard InChI is InChI=1S/C59H99N21O13S/c1-7-14-37(51(86)77-44(27-36-29-66-32-70-36)56(91)79-48(49(62)84)33(4)9-3)72-47(83)30-68-50(85)40(19-20-46(61)82)75-55(90)43(26-35-28-65-31-69-35)78-57(92)45-18-13-24-80(45)58(93)42(16-10-11-22-60)76-52(87)38(15-8-2)73-53(88)39(17-12-23-67-59(63)64)74-54(89)41(21-25-94-6)71-34(5)81/h28-29,31-33,37-45,48H,7-27,30,60H2,1-6H3,(H2,61,82)(H2,62,84)(H,65,69)(H,66,70)(H,68,85)(H,71,81)(H,72,83)(H,73,88)(H,74,89)(H,75,90)(H,76,87)(H,77,86)(H,78,92)(H,79,91)(H4,63,64,67)/t33-,37-,38-,39-,40-,41-,42-,43-,44-,45-,48-/m0/s1. The second-order valence-corrected chi connectivity index (χ2v) is 24.1. The number of primary amides is 2. The Hall–Kier alpha value is -8.89. The van der Waals surface area contributed by atoms with Crippen LogP contribution in [0.2, 0.25) is 0 Å². The lowest BCUT2D eigenvalue weighted by Crippen LogP contribution is -2.60. The molecule has 22 N–H and O–H groups in total. The minimum atomic E-state index is -1.54. The van der Waals surface area contributed by atoms with E-state index in [4.69, 9.17) is 28.7 Å². The number of carbonyl (C=O) groups is 13. The third-order valence-electron chi connectivity index (χ3n) is 15.5. The minimum absolute atomic E-state index is 0.0352. The summed E-state index contributed by atoms with van der Waals surface area (Å²) in [5, 5.41) is 26.4. The average Bonchev–Trinajstić information content (AvgIpc) is 1.61. The van der Waals surface area contributed by atoms with E-state index in [9.17, 15) is 62.3 Å². The number of H-pyrrole nitrogens is 2. The van der Waals surface area contributed by atoms with E-state index in [1.165, 1.54) is 48.6 Å². The van der Waals surface area contributed by atoms with Gasteiger partial charge in [0.05, 0.1) is 19.2 Å². The molecule has 1 fully saturated rings. The number of aromatic nitrogens is 4. The van der Waals surface area contributed by atoms with Gasteiger partial charge < -0.3 is 96.7 Å². The first kappa shape index (κ1) is 79.3. The number of hydrogen-bond acceptors (Lipinski definition) is 18. The molecule has 11 atom stereocenters. The van der Waals surface area contributed by atoms with E-state index in [1.54, 1.807) is 20.8 Å². The molecule has 13 amide bonds. The van der Waals surface area contributed by atoms with E-state index in [1.807, 2.05) is 13.2 Å². The molecule has 35 heteroatoms. The van der Waals surface area contributed by atoms with Crippen LogP contribution in [0.1, 0.15) is 142 Å². The van der Waals surface area contributed by atoms with Crippen molar-refractivity contribution in [1.29, 1.82) is 0 Å². The smallest absolute Gasteiger partial charge is 0.245 e. The van der Waals surface area contributed by atoms with Crippen molar-refractivity contribution in [1.82, 2.24) is 78.0 Å². The SMILES string of the molecule is CCC[C@H](NC(=O)CNC(=O)[C@H](CCC(N)=O)NC(=O)[C@H](Cc1cnc[nH]1)NC(=O)[C@@H]1CCCN1C(=O)[C@H](CCCCN)NC(=O)[C@H](CCC)NC(=O)[C@H](CCCN=C(N)N)NC(=O)[C@H](CCSC)NC(C)=O)C(=O)N[C@@H](Cc1cnc[nH]1)C(=O)N[C@H](C(N)=O)[C@@H](C)CC. The lowest BCUT2D eigenvalue weighted by molar-refractivity contribution is -0.142. The van der Waals surface area contributed by atoms with Crippen molar-refractivity contribution < 1.29 is 62.3 Å².